The number of pyridine rings is 1. The summed E-state index contributed by atoms with van der Waals surface area (Å²) in [6.07, 6.45) is 2.04. The zero-order valence-electron chi connectivity index (χ0n) is 10.8. The third kappa shape index (κ3) is 2.88. The fourth-order valence-electron chi connectivity index (χ4n) is 1.63. The van der Waals surface area contributed by atoms with Gasteiger partial charge in [0.15, 0.2) is 11.6 Å². The summed E-state index contributed by atoms with van der Waals surface area (Å²) in [5.74, 6) is 3.18. The van der Waals surface area contributed by atoms with Crippen LogP contribution in [-0.4, -0.2) is 33.1 Å². The first-order valence-electron chi connectivity index (χ1n) is 5.61. The minimum atomic E-state index is 0.417. The lowest BCUT2D eigenvalue weighted by atomic mass is 10.4. The van der Waals surface area contributed by atoms with E-state index in [1.54, 1.807) is 23.6 Å². The first kappa shape index (κ1) is 13.0. The lowest BCUT2D eigenvalue weighted by Gasteiger charge is -2.04. The fourth-order valence-corrected chi connectivity index (χ4v) is 2.08. The number of aromatic nitrogens is 4. The van der Waals surface area contributed by atoms with Gasteiger partial charge in [-0.25, -0.2) is 9.97 Å². The Morgan fingerprint density at radius 1 is 1.33 bits per heavy atom. The van der Waals surface area contributed by atoms with Gasteiger partial charge in [-0.1, -0.05) is 6.07 Å². The van der Waals surface area contributed by atoms with Gasteiger partial charge in [-0.15, -0.1) is 5.10 Å². The molecule has 5 nitrogen and oxygen atoms in total. The molecule has 2 rings (SSSR count). The zero-order valence-corrected chi connectivity index (χ0v) is 11.6. The van der Waals surface area contributed by atoms with Crippen LogP contribution >= 0.6 is 11.8 Å². The molecule has 2 aromatic rings. The number of nitrogens with zero attached hydrogens (tertiary/aromatic N) is 4. The molecule has 96 valence electrons. The maximum Gasteiger partial charge on any atom is 0.177 e. The van der Waals surface area contributed by atoms with Crippen molar-refractivity contribution in [2.75, 3.05) is 13.4 Å². The number of aryl methyl sites for hydroxylation is 1. The van der Waals surface area contributed by atoms with Gasteiger partial charge in [-0.05, 0) is 25.3 Å². The Bertz CT molecular complexity index is 527. The number of rotatable bonds is 5. The van der Waals surface area contributed by atoms with Crippen LogP contribution in [-0.2, 0) is 17.1 Å². The van der Waals surface area contributed by atoms with Gasteiger partial charge in [0.25, 0.3) is 0 Å². The van der Waals surface area contributed by atoms with Crippen molar-refractivity contribution in [3.05, 3.63) is 35.5 Å². The molecule has 0 aliphatic rings. The number of methoxy groups -OCH3 is 1. The van der Waals surface area contributed by atoms with Gasteiger partial charge in [0.2, 0.25) is 0 Å². The van der Waals surface area contributed by atoms with Gasteiger partial charge in [-0.2, -0.15) is 16.4 Å². The van der Waals surface area contributed by atoms with Gasteiger partial charge in [0, 0.05) is 12.8 Å². The van der Waals surface area contributed by atoms with E-state index in [0.29, 0.717) is 12.4 Å². The summed E-state index contributed by atoms with van der Waals surface area (Å²) in [7, 11) is 1.64. The number of thioether (sulfide) groups is 1. The van der Waals surface area contributed by atoms with Gasteiger partial charge >= 0.3 is 0 Å². The molecule has 0 amide bonds. The Morgan fingerprint density at radius 2 is 2.17 bits per heavy atom. The van der Waals surface area contributed by atoms with Crippen LogP contribution in [0.2, 0.25) is 0 Å². The van der Waals surface area contributed by atoms with Crippen LogP contribution in [0, 0.1) is 6.92 Å². The molecule has 18 heavy (non-hydrogen) atoms. The Balaban J connectivity index is 2.41. The standard InChI is InChI=1S/C12H16N4OS/c1-9-5-4-6-11(13-9)16-12(8-18-3)14-10(15-16)7-17-2/h4-6H,7-8H2,1-3H3. The summed E-state index contributed by atoms with van der Waals surface area (Å²) >= 11 is 1.71. The first-order chi connectivity index (χ1) is 8.74. The SMILES string of the molecule is COCc1nc(CSC)n(-c2cccc(C)n2)n1. The largest absolute Gasteiger partial charge is 0.377 e. The van der Waals surface area contributed by atoms with Crippen molar-refractivity contribution >= 4 is 11.8 Å². The lowest BCUT2D eigenvalue weighted by Crippen LogP contribution is -2.05. The molecular weight excluding hydrogens is 248 g/mol. The predicted molar refractivity (Wildman–Crippen MR) is 71.8 cm³/mol. The molecule has 0 unspecified atom stereocenters. The van der Waals surface area contributed by atoms with Crippen LogP contribution < -0.4 is 0 Å². The monoisotopic (exact) mass is 264 g/mol. The van der Waals surface area contributed by atoms with E-state index >= 15 is 0 Å². The van der Waals surface area contributed by atoms with Crippen LogP contribution in [0.3, 0.4) is 0 Å². The molecule has 0 radical (unpaired) electrons. The van der Waals surface area contributed by atoms with Crippen molar-refractivity contribution in [2.45, 2.75) is 19.3 Å². The van der Waals surface area contributed by atoms with Crippen LogP contribution in [0.1, 0.15) is 17.3 Å². The quantitative estimate of drug-likeness (QED) is 0.826. The summed E-state index contributed by atoms with van der Waals surface area (Å²) in [6.45, 7) is 2.38. The van der Waals surface area contributed by atoms with Gasteiger partial charge in [0.1, 0.15) is 12.4 Å². The second kappa shape index (κ2) is 5.97. The van der Waals surface area contributed by atoms with Crippen LogP contribution in [0.25, 0.3) is 5.82 Å². The maximum absolute atomic E-state index is 5.07. The Morgan fingerprint density at radius 3 is 2.83 bits per heavy atom. The summed E-state index contributed by atoms with van der Waals surface area (Å²) in [6, 6.07) is 5.87. The first-order valence-corrected chi connectivity index (χ1v) is 7.00. The maximum atomic E-state index is 5.07. The molecule has 6 heteroatoms. The van der Waals surface area contributed by atoms with E-state index in [1.165, 1.54) is 0 Å². The highest BCUT2D eigenvalue weighted by molar-refractivity contribution is 7.97. The molecular formula is C12H16N4OS. The molecule has 0 saturated carbocycles. The summed E-state index contributed by atoms with van der Waals surface area (Å²) in [5.41, 5.74) is 0.964. The predicted octanol–water partition coefficient (Wildman–Crippen LogP) is 1.98. The minimum Gasteiger partial charge on any atom is -0.377 e. The summed E-state index contributed by atoms with van der Waals surface area (Å²) in [5, 5.41) is 4.43. The second-order valence-corrected chi connectivity index (χ2v) is 4.73. The van der Waals surface area contributed by atoms with Gasteiger partial charge in [-0.3, -0.25) is 0 Å². The van der Waals surface area contributed by atoms with E-state index in [4.69, 9.17) is 4.74 Å². The molecule has 0 fully saturated rings. The van der Waals surface area contributed by atoms with Crippen molar-refractivity contribution in [1.82, 2.24) is 19.7 Å². The molecule has 0 aliphatic carbocycles. The Hall–Kier alpha value is -1.40. The molecule has 0 atom stereocenters. The van der Waals surface area contributed by atoms with Crippen molar-refractivity contribution < 1.29 is 4.74 Å². The number of hydrogen-bond donors (Lipinski definition) is 0. The Labute approximate surface area is 111 Å². The third-order valence-corrected chi connectivity index (χ3v) is 2.90. The van der Waals surface area contributed by atoms with E-state index < -0.39 is 0 Å². The summed E-state index contributed by atoms with van der Waals surface area (Å²) in [4.78, 5) is 8.93. The lowest BCUT2D eigenvalue weighted by molar-refractivity contribution is 0.178. The highest BCUT2D eigenvalue weighted by Crippen LogP contribution is 2.13. The second-order valence-electron chi connectivity index (χ2n) is 3.86. The molecule has 0 N–H and O–H groups in total. The molecule has 2 aromatic heterocycles. The Kier molecular flexibility index (Phi) is 4.33. The average molecular weight is 264 g/mol. The van der Waals surface area contributed by atoms with Crippen molar-refractivity contribution in [3.63, 3.8) is 0 Å². The van der Waals surface area contributed by atoms with E-state index in [1.807, 2.05) is 31.4 Å². The van der Waals surface area contributed by atoms with E-state index in [2.05, 4.69) is 15.1 Å². The summed E-state index contributed by atoms with van der Waals surface area (Å²) < 4.78 is 6.86. The van der Waals surface area contributed by atoms with E-state index in [-0.39, 0.29) is 0 Å². The fraction of sp³-hybridized carbons (Fsp3) is 0.417. The highest BCUT2D eigenvalue weighted by atomic mass is 32.2. The number of ether oxygens (including phenoxy) is 1. The third-order valence-electron chi connectivity index (χ3n) is 2.36. The molecule has 0 spiro atoms. The van der Waals surface area contributed by atoms with Crippen LogP contribution in [0.15, 0.2) is 18.2 Å². The number of hydrogen-bond acceptors (Lipinski definition) is 5. The molecule has 0 aliphatic heterocycles. The normalized spacial score (nSPS) is 10.8. The zero-order chi connectivity index (χ0) is 13.0. The average Bonchev–Trinajstić information content (AvgIpc) is 2.73. The molecule has 0 bridgehead atoms. The molecule has 0 saturated heterocycles. The van der Waals surface area contributed by atoms with Crippen molar-refractivity contribution in [3.8, 4) is 5.82 Å². The van der Waals surface area contributed by atoms with Crippen LogP contribution in [0.5, 0.6) is 0 Å². The van der Waals surface area contributed by atoms with Gasteiger partial charge in [0.05, 0.1) is 5.75 Å². The van der Waals surface area contributed by atoms with E-state index in [0.717, 1.165) is 23.1 Å². The van der Waals surface area contributed by atoms with Crippen molar-refractivity contribution in [1.29, 1.82) is 0 Å². The topological polar surface area (TPSA) is 52.8 Å². The van der Waals surface area contributed by atoms with E-state index in [9.17, 15) is 0 Å². The highest BCUT2D eigenvalue weighted by Gasteiger charge is 2.11. The van der Waals surface area contributed by atoms with Crippen molar-refractivity contribution in [2.24, 2.45) is 0 Å². The van der Waals surface area contributed by atoms with Crippen LogP contribution in [0.4, 0.5) is 0 Å². The minimum absolute atomic E-state index is 0.417. The smallest absolute Gasteiger partial charge is 0.177 e. The molecule has 0 aromatic carbocycles. The van der Waals surface area contributed by atoms with Gasteiger partial charge < -0.3 is 4.74 Å². The molecule has 2 heterocycles.